The first-order chi connectivity index (χ1) is 8.83. The highest BCUT2D eigenvalue weighted by Crippen LogP contribution is 2.36. The van der Waals surface area contributed by atoms with E-state index in [1.54, 1.807) is 0 Å². The van der Waals surface area contributed by atoms with Crippen LogP contribution in [-0.4, -0.2) is 17.8 Å². The van der Waals surface area contributed by atoms with E-state index in [0.29, 0.717) is 6.10 Å². The van der Waals surface area contributed by atoms with Crippen LogP contribution in [0.1, 0.15) is 47.5 Å². The summed E-state index contributed by atoms with van der Waals surface area (Å²) in [5.74, 6) is 2.38. The first-order valence-corrected chi connectivity index (χ1v) is 7.00. The first-order valence-electron chi connectivity index (χ1n) is 7.00. The lowest BCUT2D eigenvalue weighted by Crippen LogP contribution is -2.23. The lowest BCUT2D eigenvalue weighted by atomic mass is 10.2. The normalized spacial score (nSPS) is 15.5. The topological polar surface area (TPSA) is 27.7 Å². The molecule has 1 aromatic rings. The Balaban J connectivity index is 2.19. The van der Waals surface area contributed by atoms with Crippen LogP contribution in [0.15, 0.2) is 18.2 Å². The lowest BCUT2D eigenvalue weighted by Gasteiger charge is -2.24. The molecule has 1 aliphatic carbocycles. The average Bonchev–Trinajstić information content (AvgIpc) is 3.03. The van der Waals surface area contributed by atoms with Crippen molar-refractivity contribution in [2.24, 2.45) is 0 Å². The molecule has 0 aliphatic heterocycles. The SMILES string of the molecule is CC(C)Oc1cc(OC2CC2)ccc1OC(C)(C)C. The summed E-state index contributed by atoms with van der Waals surface area (Å²) >= 11 is 0. The summed E-state index contributed by atoms with van der Waals surface area (Å²) in [5, 5.41) is 0. The van der Waals surface area contributed by atoms with Crippen LogP contribution in [-0.2, 0) is 0 Å². The molecule has 0 bridgehead atoms. The van der Waals surface area contributed by atoms with Crippen molar-refractivity contribution in [1.82, 2.24) is 0 Å². The second kappa shape index (κ2) is 5.32. The molecular formula is C16H24O3. The molecule has 106 valence electrons. The summed E-state index contributed by atoms with van der Waals surface area (Å²) < 4.78 is 17.6. The monoisotopic (exact) mass is 264 g/mol. The molecule has 1 fully saturated rings. The van der Waals surface area contributed by atoms with Gasteiger partial charge >= 0.3 is 0 Å². The quantitative estimate of drug-likeness (QED) is 0.798. The molecule has 19 heavy (non-hydrogen) atoms. The van der Waals surface area contributed by atoms with Crippen LogP contribution in [0.2, 0.25) is 0 Å². The smallest absolute Gasteiger partial charge is 0.165 e. The second-order valence-electron chi connectivity index (χ2n) is 6.31. The third-order valence-electron chi connectivity index (χ3n) is 2.52. The van der Waals surface area contributed by atoms with Gasteiger partial charge in [-0.25, -0.2) is 0 Å². The third kappa shape index (κ3) is 4.66. The van der Waals surface area contributed by atoms with Crippen LogP contribution >= 0.6 is 0 Å². The van der Waals surface area contributed by atoms with Crippen molar-refractivity contribution < 1.29 is 14.2 Å². The maximum absolute atomic E-state index is 5.93. The van der Waals surface area contributed by atoms with E-state index in [-0.39, 0.29) is 11.7 Å². The molecule has 0 heterocycles. The summed E-state index contributed by atoms with van der Waals surface area (Å²) in [6.45, 7) is 10.1. The largest absolute Gasteiger partial charge is 0.490 e. The van der Waals surface area contributed by atoms with Gasteiger partial charge in [-0.05, 0) is 59.6 Å². The summed E-state index contributed by atoms with van der Waals surface area (Å²) in [4.78, 5) is 0. The minimum atomic E-state index is -0.242. The van der Waals surface area contributed by atoms with Crippen molar-refractivity contribution in [3.8, 4) is 17.2 Å². The Morgan fingerprint density at radius 1 is 1.11 bits per heavy atom. The molecule has 3 heteroatoms. The predicted molar refractivity (Wildman–Crippen MR) is 76.2 cm³/mol. The maximum Gasteiger partial charge on any atom is 0.165 e. The molecule has 0 saturated heterocycles. The van der Waals surface area contributed by atoms with Crippen molar-refractivity contribution in [2.45, 2.75) is 65.3 Å². The molecule has 0 spiro atoms. The van der Waals surface area contributed by atoms with E-state index in [1.807, 2.05) is 52.8 Å². The minimum Gasteiger partial charge on any atom is -0.490 e. The van der Waals surface area contributed by atoms with Gasteiger partial charge < -0.3 is 14.2 Å². The zero-order valence-corrected chi connectivity index (χ0v) is 12.5. The lowest BCUT2D eigenvalue weighted by molar-refractivity contribution is 0.119. The summed E-state index contributed by atoms with van der Waals surface area (Å²) in [6, 6.07) is 5.81. The fourth-order valence-corrected chi connectivity index (χ4v) is 1.70. The Bertz CT molecular complexity index is 428. The first kappa shape index (κ1) is 14.0. The Labute approximate surface area is 115 Å². The Hall–Kier alpha value is -1.38. The van der Waals surface area contributed by atoms with E-state index in [0.717, 1.165) is 30.1 Å². The Morgan fingerprint density at radius 3 is 2.32 bits per heavy atom. The number of hydrogen-bond donors (Lipinski definition) is 0. The van der Waals surface area contributed by atoms with Crippen LogP contribution < -0.4 is 14.2 Å². The van der Waals surface area contributed by atoms with E-state index in [4.69, 9.17) is 14.2 Å². The molecule has 0 amide bonds. The molecule has 0 aromatic heterocycles. The van der Waals surface area contributed by atoms with E-state index >= 15 is 0 Å². The standard InChI is InChI=1S/C16H24O3/c1-11(2)17-15-10-13(18-12-6-7-12)8-9-14(15)19-16(3,4)5/h8-12H,6-7H2,1-5H3. The summed E-state index contributed by atoms with van der Waals surface area (Å²) in [5.41, 5.74) is -0.242. The van der Waals surface area contributed by atoms with Crippen LogP contribution in [0.3, 0.4) is 0 Å². The summed E-state index contributed by atoms with van der Waals surface area (Å²) in [6.07, 6.45) is 2.81. The van der Waals surface area contributed by atoms with E-state index in [2.05, 4.69) is 0 Å². The molecule has 0 atom stereocenters. The Morgan fingerprint density at radius 2 is 1.79 bits per heavy atom. The van der Waals surface area contributed by atoms with Crippen molar-refractivity contribution in [3.05, 3.63) is 18.2 Å². The minimum absolute atomic E-state index is 0.110. The van der Waals surface area contributed by atoms with Gasteiger partial charge in [0.15, 0.2) is 11.5 Å². The van der Waals surface area contributed by atoms with Crippen molar-refractivity contribution in [1.29, 1.82) is 0 Å². The highest BCUT2D eigenvalue weighted by Gasteiger charge is 2.24. The van der Waals surface area contributed by atoms with Gasteiger partial charge in [0.1, 0.15) is 11.4 Å². The zero-order valence-electron chi connectivity index (χ0n) is 12.5. The van der Waals surface area contributed by atoms with Crippen LogP contribution in [0.4, 0.5) is 0 Å². The molecule has 1 aromatic carbocycles. The van der Waals surface area contributed by atoms with Crippen LogP contribution in [0.25, 0.3) is 0 Å². The van der Waals surface area contributed by atoms with Crippen molar-refractivity contribution >= 4 is 0 Å². The highest BCUT2D eigenvalue weighted by molar-refractivity contribution is 5.46. The van der Waals surface area contributed by atoms with Gasteiger partial charge in [-0.3, -0.25) is 0 Å². The van der Waals surface area contributed by atoms with Crippen molar-refractivity contribution in [2.75, 3.05) is 0 Å². The molecule has 0 unspecified atom stereocenters. The van der Waals surface area contributed by atoms with Crippen LogP contribution in [0, 0.1) is 0 Å². The van der Waals surface area contributed by atoms with E-state index in [1.165, 1.54) is 0 Å². The maximum atomic E-state index is 5.93. The van der Waals surface area contributed by atoms with Gasteiger partial charge in [0.25, 0.3) is 0 Å². The zero-order chi connectivity index (χ0) is 14.0. The number of hydrogen-bond acceptors (Lipinski definition) is 3. The fraction of sp³-hybridized carbons (Fsp3) is 0.625. The van der Waals surface area contributed by atoms with Gasteiger partial charge in [0.2, 0.25) is 0 Å². The van der Waals surface area contributed by atoms with Gasteiger partial charge in [-0.15, -0.1) is 0 Å². The molecule has 2 rings (SSSR count). The third-order valence-corrected chi connectivity index (χ3v) is 2.52. The average molecular weight is 264 g/mol. The molecule has 1 saturated carbocycles. The highest BCUT2D eigenvalue weighted by atomic mass is 16.5. The molecule has 3 nitrogen and oxygen atoms in total. The van der Waals surface area contributed by atoms with Crippen molar-refractivity contribution in [3.63, 3.8) is 0 Å². The number of rotatable bonds is 5. The number of ether oxygens (including phenoxy) is 3. The Kier molecular flexibility index (Phi) is 3.93. The molecule has 0 N–H and O–H groups in total. The van der Waals surface area contributed by atoms with E-state index < -0.39 is 0 Å². The van der Waals surface area contributed by atoms with Gasteiger partial charge in [-0.1, -0.05) is 0 Å². The predicted octanol–water partition coefficient (Wildman–Crippen LogP) is 4.19. The van der Waals surface area contributed by atoms with Gasteiger partial charge in [0.05, 0.1) is 12.2 Å². The summed E-state index contributed by atoms with van der Waals surface area (Å²) in [7, 11) is 0. The molecule has 1 aliphatic rings. The molecular weight excluding hydrogens is 240 g/mol. The van der Waals surface area contributed by atoms with Gasteiger partial charge in [0, 0.05) is 6.07 Å². The van der Waals surface area contributed by atoms with Crippen LogP contribution in [0.5, 0.6) is 17.2 Å². The number of benzene rings is 1. The van der Waals surface area contributed by atoms with Gasteiger partial charge in [-0.2, -0.15) is 0 Å². The fourth-order valence-electron chi connectivity index (χ4n) is 1.70. The van der Waals surface area contributed by atoms with E-state index in [9.17, 15) is 0 Å². The molecule has 0 radical (unpaired) electrons. The second-order valence-corrected chi connectivity index (χ2v) is 6.31.